The second-order valence-electron chi connectivity index (χ2n) is 10.5. The molecule has 5 rings (SSSR count). The van der Waals surface area contributed by atoms with Crippen LogP contribution < -0.4 is 0 Å². The first-order valence-corrected chi connectivity index (χ1v) is 10.9. The Bertz CT molecular complexity index is 932. The molecule has 3 fully saturated rings. The zero-order chi connectivity index (χ0) is 21.8. The second-order valence-corrected chi connectivity index (χ2v) is 10.5. The van der Waals surface area contributed by atoms with Crippen LogP contribution in [0.1, 0.15) is 47.5 Å². The molecule has 1 unspecified atom stereocenters. The predicted molar refractivity (Wildman–Crippen MR) is 107 cm³/mol. The fraction of sp³-hybridized carbons (Fsp3) is 0.708. The number of hydrogen-bond donors (Lipinski definition) is 0. The van der Waals surface area contributed by atoms with Gasteiger partial charge in [0.2, 0.25) is 0 Å². The lowest BCUT2D eigenvalue weighted by Crippen LogP contribution is -2.66. The minimum Gasteiger partial charge on any atom is -0.469 e. The highest BCUT2D eigenvalue weighted by atomic mass is 16.6. The van der Waals surface area contributed by atoms with Crippen molar-refractivity contribution in [3.63, 3.8) is 0 Å². The molecule has 6 heteroatoms. The van der Waals surface area contributed by atoms with Gasteiger partial charge in [-0.25, -0.2) is 0 Å². The quantitative estimate of drug-likeness (QED) is 0.511. The Morgan fingerprint density at radius 3 is 2.60 bits per heavy atom. The van der Waals surface area contributed by atoms with Gasteiger partial charge in [-0.05, 0) is 43.8 Å². The number of esters is 2. The molecule has 9 atom stereocenters. The fourth-order valence-electron chi connectivity index (χ4n) is 7.73. The molecule has 5 aliphatic rings. The molecule has 1 saturated carbocycles. The van der Waals surface area contributed by atoms with Crippen molar-refractivity contribution >= 4 is 17.7 Å². The van der Waals surface area contributed by atoms with E-state index in [1.165, 1.54) is 24.3 Å². The summed E-state index contributed by atoms with van der Waals surface area (Å²) in [5, 5.41) is 0. The molecule has 0 amide bonds. The molecule has 2 saturated heterocycles. The standard InChI is InChI=1S/C24H30O6/c1-11-9-13-17(12(11)2)24(5)14(10-16(26)28-6)23(4)15(25)7-8-22(3)19(23)18(20(24)29-13)30-21(22)27/h7-8,11,13-14,18-20H,9-10H2,1-6H3/t11-,13-,14-,18-,19?,20-,22-,23+,24-/m1/s1. The van der Waals surface area contributed by atoms with E-state index in [1.54, 1.807) is 6.08 Å². The highest BCUT2D eigenvalue weighted by molar-refractivity contribution is 6.00. The lowest BCUT2D eigenvalue weighted by Gasteiger charge is -2.59. The summed E-state index contributed by atoms with van der Waals surface area (Å²) in [7, 11) is 1.38. The van der Waals surface area contributed by atoms with Gasteiger partial charge < -0.3 is 14.2 Å². The molecular formula is C24H30O6. The third-order valence-corrected chi connectivity index (χ3v) is 9.30. The summed E-state index contributed by atoms with van der Waals surface area (Å²) in [4.78, 5) is 39.1. The zero-order valence-electron chi connectivity index (χ0n) is 18.5. The van der Waals surface area contributed by atoms with Crippen LogP contribution in [0.2, 0.25) is 0 Å². The molecule has 0 spiro atoms. The minimum absolute atomic E-state index is 0.0467. The van der Waals surface area contributed by atoms with Crippen molar-refractivity contribution in [3.8, 4) is 0 Å². The smallest absolute Gasteiger partial charge is 0.316 e. The molecule has 3 aliphatic carbocycles. The van der Waals surface area contributed by atoms with Gasteiger partial charge in [0.15, 0.2) is 5.78 Å². The van der Waals surface area contributed by atoms with Gasteiger partial charge in [0.25, 0.3) is 0 Å². The Hall–Kier alpha value is -1.95. The number of rotatable bonds is 2. The Kier molecular flexibility index (Phi) is 3.89. The maximum Gasteiger partial charge on any atom is 0.316 e. The number of allylic oxidation sites excluding steroid dienone is 2. The molecule has 2 heterocycles. The van der Waals surface area contributed by atoms with Crippen LogP contribution >= 0.6 is 0 Å². The van der Waals surface area contributed by atoms with Gasteiger partial charge >= 0.3 is 11.9 Å². The SMILES string of the molecule is COC(=O)C[C@H]1[C@]2(C)C3=C(C)[C@H](C)C[C@H]3O[C@@H]2[C@@H]2OC(=O)[C@]3(C)C=CC(=O)[C@@]1(C)C23. The summed E-state index contributed by atoms with van der Waals surface area (Å²) >= 11 is 0. The number of carbonyl (C=O) groups is 3. The van der Waals surface area contributed by atoms with Gasteiger partial charge in [-0.2, -0.15) is 0 Å². The molecular weight excluding hydrogens is 384 g/mol. The molecule has 0 aromatic rings. The maximum atomic E-state index is 13.5. The minimum atomic E-state index is -0.933. The average Bonchev–Trinajstić information content (AvgIpc) is 3.25. The highest BCUT2D eigenvalue weighted by Crippen LogP contribution is 2.71. The van der Waals surface area contributed by atoms with Gasteiger partial charge in [0.05, 0.1) is 25.0 Å². The molecule has 0 N–H and O–H groups in total. The third kappa shape index (κ3) is 2.02. The molecule has 2 aliphatic heterocycles. The second kappa shape index (κ2) is 5.84. The van der Waals surface area contributed by atoms with E-state index >= 15 is 0 Å². The fourth-order valence-corrected chi connectivity index (χ4v) is 7.73. The third-order valence-electron chi connectivity index (χ3n) is 9.30. The Morgan fingerprint density at radius 2 is 1.93 bits per heavy atom. The van der Waals surface area contributed by atoms with Crippen LogP contribution in [0.25, 0.3) is 0 Å². The monoisotopic (exact) mass is 414 g/mol. The summed E-state index contributed by atoms with van der Waals surface area (Å²) in [5.41, 5.74) is 0.0434. The first-order chi connectivity index (χ1) is 14.0. The van der Waals surface area contributed by atoms with Crippen LogP contribution in [-0.2, 0) is 28.6 Å². The summed E-state index contributed by atoms with van der Waals surface area (Å²) in [5.74, 6) is -1.05. The molecule has 0 aromatic heterocycles. The van der Waals surface area contributed by atoms with Crippen LogP contribution in [-0.4, -0.2) is 43.1 Å². The van der Waals surface area contributed by atoms with Gasteiger partial charge in [0, 0.05) is 16.7 Å². The van der Waals surface area contributed by atoms with Crippen molar-refractivity contribution in [2.45, 2.75) is 65.8 Å². The van der Waals surface area contributed by atoms with E-state index < -0.39 is 22.3 Å². The Balaban J connectivity index is 1.78. The predicted octanol–water partition coefficient (Wildman–Crippen LogP) is 3.00. The first kappa shape index (κ1) is 20.0. The van der Waals surface area contributed by atoms with Crippen molar-refractivity contribution in [1.82, 2.24) is 0 Å². The van der Waals surface area contributed by atoms with Gasteiger partial charge in [-0.1, -0.05) is 32.4 Å². The largest absolute Gasteiger partial charge is 0.469 e. The highest BCUT2D eigenvalue weighted by Gasteiger charge is 2.77. The summed E-state index contributed by atoms with van der Waals surface area (Å²) < 4.78 is 17.6. The normalized spacial score (nSPS) is 50.9. The van der Waals surface area contributed by atoms with E-state index in [0.29, 0.717) is 5.92 Å². The van der Waals surface area contributed by atoms with E-state index in [1.807, 2.05) is 13.8 Å². The van der Waals surface area contributed by atoms with Crippen LogP contribution in [0.3, 0.4) is 0 Å². The Labute approximate surface area is 177 Å². The van der Waals surface area contributed by atoms with Crippen molar-refractivity contribution < 1.29 is 28.6 Å². The zero-order valence-corrected chi connectivity index (χ0v) is 18.5. The summed E-state index contributed by atoms with van der Waals surface area (Å²) in [6, 6.07) is 0. The average molecular weight is 414 g/mol. The first-order valence-electron chi connectivity index (χ1n) is 10.9. The van der Waals surface area contributed by atoms with E-state index in [0.717, 1.165) is 6.42 Å². The summed E-state index contributed by atoms with van der Waals surface area (Å²) in [6.45, 7) is 10.2. The van der Waals surface area contributed by atoms with Crippen LogP contribution in [0.15, 0.2) is 23.3 Å². The van der Waals surface area contributed by atoms with E-state index in [9.17, 15) is 14.4 Å². The molecule has 0 bridgehead atoms. The number of ketones is 1. The number of ether oxygens (including phenoxy) is 3. The molecule has 30 heavy (non-hydrogen) atoms. The van der Waals surface area contributed by atoms with E-state index in [2.05, 4.69) is 20.8 Å². The molecule has 6 nitrogen and oxygen atoms in total. The topological polar surface area (TPSA) is 78.9 Å². The Morgan fingerprint density at radius 1 is 1.23 bits per heavy atom. The molecule has 0 radical (unpaired) electrons. The van der Waals surface area contributed by atoms with Gasteiger partial charge in [-0.15, -0.1) is 0 Å². The molecule has 162 valence electrons. The number of carbonyl (C=O) groups excluding carboxylic acids is 3. The number of methoxy groups -OCH3 is 1. The van der Waals surface area contributed by atoms with Crippen LogP contribution in [0.5, 0.6) is 0 Å². The number of fused-ring (bicyclic) bond motifs is 4. The molecule has 0 aromatic carbocycles. The van der Waals surface area contributed by atoms with Crippen molar-refractivity contribution in [1.29, 1.82) is 0 Å². The van der Waals surface area contributed by atoms with E-state index in [-0.39, 0.29) is 48.2 Å². The number of hydrogen-bond acceptors (Lipinski definition) is 6. The lowest BCUT2D eigenvalue weighted by molar-refractivity contribution is -0.190. The van der Waals surface area contributed by atoms with Gasteiger partial charge in [-0.3, -0.25) is 14.4 Å². The van der Waals surface area contributed by atoms with E-state index in [4.69, 9.17) is 14.2 Å². The summed E-state index contributed by atoms with van der Waals surface area (Å²) in [6.07, 6.45) is 3.26. The van der Waals surface area contributed by atoms with Crippen LogP contribution in [0.4, 0.5) is 0 Å². The van der Waals surface area contributed by atoms with Crippen molar-refractivity contribution in [3.05, 3.63) is 23.3 Å². The van der Waals surface area contributed by atoms with Crippen molar-refractivity contribution in [2.24, 2.45) is 34.0 Å². The van der Waals surface area contributed by atoms with Crippen molar-refractivity contribution in [2.75, 3.05) is 7.11 Å². The lowest BCUT2D eigenvalue weighted by atomic mass is 9.42. The van der Waals surface area contributed by atoms with Gasteiger partial charge in [0.1, 0.15) is 12.2 Å². The van der Waals surface area contributed by atoms with Crippen LogP contribution in [0, 0.1) is 34.0 Å². The maximum absolute atomic E-state index is 13.5.